The average molecular weight is 358 g/mol. The Morgan fingerprint density at radius 2 is 1.77 bits per heavy atom. The van der Waals surface area contributed by atoms with Crippen LogP contribution in [0, 0.1) is 0 Å². The van der Waals surface area contributed by atoms with E-state index >= 15 is 0 Å². The Bertz CT molecular complexity index is 736. The largest absolute Gasteiger partial charge is 0.491 e. The lowest BCUT2D eigenvalue weighted by molar-refractivity contribution is 0.410. The van der Waals surface area contributed by atoms with Crippen molar-refractivity contribution in [2.24, 2.45) is 0 Å². The van der Waals surface area contributed by atoms with Crippen molar-refractivity contribution in [1.82, 2.24) is 0 Å². The molecule has 2 aromatic carbocycles. The van der Waals surface area contributed by atoms with Crippen LogP contribution in [0.25, 0.3) is 11.3 Å². The van der Waals surface area contributed by atoms with E-state index < -0.39 is 0 Å². The second-order valence-corrected chi connectivity index (χ2v) is 5.77. The molecule has 0 aliphatic rings. The lowest BCUT2D eigenvalue weighted by atomic mass is 10.2. The van der Waals surface area contributed by atoms with Crippen LogP contribution in [0.5, 0.6) is 5.75 Å². The molecule has 0 fully saturated rings. The predicted molar refractivity (Wildman–Crippen MR) is 92.2 cm³/mol. The first-order valence-electron chi connectivity index (χ1n) is 6.98. The lowest BCUT2D eigenvalue weighted by Crippen LogP contribution is -1.99. The fraction of sp³-hybridized carbons (Fsp3) is 0.111. The van der Waals surface area contributed by atoms with Crippen molar-refractivity contribution < 1.29 is 9.15 Å². The standard InChI is InChI=1S/C18H16BrNO2/c1-21-17-11-16(14-7-9-15(19)10-8-14)22-18(17)20-12-13-5-3-2-4-6-13/h2-11,20H,12H2,1H3. The van der Waals surface area contributed by atoms with Crippen LogP contribution in [0.1, 0.15) is 5.56 Å². The van der Waals surface area contributed by atoms with Crippen LogP contribution in [0.3, 0.4) is 0 Å². The van der Waals surface area contributed by atoms with Crippen LogP contribution in [-0.2, 0) is 6.54 Å². The fourth-order valence-electron chi connectivity index (χ4n) is 2.18. The fourth-order valence-corrected chi connectivity index (χ4v) is 2.45. The number of hydrogen-bond donors (Lipinski definition) is 1. The van der Waals surface area contributed by atoms with Crippen molar-refractivity contribution in [1.29, 1.82) is 0 Å². The number of nitrogens with one attached hydrogen (secondary N) is 1. The molecule has 4 heteroatoms. The number of halogens is 1. The van der Waals surface area contributed by atoms with Crippen molar-refractivity contribution in [3.05, 3.63) is 70.7 Å². The Kier molecular flexibility index (Phi) is 4.49. The summed E-state index contributed by atoms with van der Waals surface area (Å²) in [5, 5.41) is 3.28. The summed E-state index contributed by atoms with van der Waals surface area (Å²) in [5.41, 5.74) is 2.19. The first kappa shape index (κ1) is 14.7. The zero-order valence-corrected chi connectivity index (χ0v) is 13.8. The summed E-state index contributed by atoms with van der Waals surface area (Å²) >= 11 is 3.43. The highest BCUT2D eigenvalue weighted by Crippen LogP contribution is 2.35. The number of benzene rings is 2. The topological polar surface area (TPSA) is 34.4 Å². The maximum absolute atomic E-state index is 5.90. The molecule has 0 atom stereocenters. The van der Waals surface area contributed by atoms with E-state index in [4.69, 9.17) is 9.15 Å². The van der Waals surface area contributed by atoms with Gasteiger partial charge in [0.25, 0.3) is 0 Å². The minimum absolute atomic E-state index is 0.643. The van der Waals surface area contributed by atoms with E-state index in [1.54, 1.807) is 7.11 Å². The number of furan rings is 1. The SMILES string of the molecule is COc1cc(-c2ccc(Br)cc2)oc1NCc1ccccc1. The quantitative estimate of drug-likeness (QED) is 0.669. The molecule has 0 bridgehead atoms. The average Bonchev–Trinajstić information content (AvgIpc) is 2.98. The second-order valence-electron chi connectivity index (χ2n) is 4.85. The minimum atomic E-state index is 0.643. The Morgan fingerprint density at radius 3 is 2.45 bits per heavy atom. The molecule has 0 aliphatic heterocycles. The van der Waals surface area contributed by atoms with Crippen LogP contribution in [0.2, 0.25) is 0 Å². The molecule has 0 saturated heterocycles. The van der Waals surface area contributed by atoms with E-state index in [1.165, 1.54) is 5.56 Å². The molecule has 0 amide bonds. The molecule has 22 heavy (non-hydrogen) atoms. The van der Waals surface area contributed by atoms with Gasteiger partial charge in [0.05, 0.1) is 7.11 Å². The van der Waals surface area contributed by atoms with Crippen molar-refractivity contribution in [3.8, 4) is 17.1 Å². The summed E-state index contributed by atoms with van der Waals surface area (Å²) in [5.74, 6) is 2.12. The Labute approximate surface area is 138 Å². The molecule has 0 unspecified atom stereocenters. The highest BCUT2D eigenvalue weighted by atomic mass is 79.9. The van der Waals surface area contributed by atoms with Gasteiger partial charge in [0.2, 0.25) is 5.88 Å². The molecule has 112 valence electrons. The molecule has 1 heterocycles. The summed E-state index contributed by atoms with van der Waals surface area (Å²) < 4.78 is 12.3. The van der Waals surface area contributed by atoms with Crippen molar-refractivity contribution in [2.75, 3.05) is 12.4 Å². The van der Waals surface area contributed by atoms with Crippen LogP contribution < -0.4 is 10.1 Å². The second kappa shape index (κ2) is 6.71. The molecule has 3 aromatic rings. The number of anilines is 1. The van der Waals surface area contributed by atoms with E-state index in [1.807, 2.05) is 48.5 Å². The number of ether oxygens (including phenoxy) is 1. The van der Waals surface area contributed by atoms with Gasteiger partial charge < -0.3 is 14.5 Å². The lowest BCUT2D eigenvalue weighted by Gasteiger charge is -2.05. The zero-order valence-electron chi connectivity index (χ0n) is 12.2. The van der Waals surface area contributed by atoms with E-state index in [0.29, 0.717) is 18.2 Å². The molecular weight excluding hydrogens is 342 g/mol. The molecule has 1 aromatic heterocycles. The van der Waals surface area contributed by atoms with Crippen molar-refractivity contribution in [2.45, 2.75) is 6.54 Å². The summed E-state index contributed by atoms with van der Waals surface area (Å²) in [6.07, 6.45) is 0. The maximum Gasteiger partial charge on any atom is 0.236 e. The molecule has 3 nitrogen and oxygen atoms in total. The molecule has 0 spiro atoms. The third-order valence-electron chi connectivity index (χ3n) is 3.34. The highest BCUT2D eigenvalue weighted by molar-refractivity contribution is 9.10. The van der Waals surface area contributed by atoms with Gasteiger partial charge in [-0.1, -0.05) is 58.4 Å². The Balaban J connectivity index is 1.81. The summed E-state index contributed by atoms with van der Waals surface area (Å²) in [6.45, 7) is 0.685. The first-order chi connectivity index (χ1) is 10.8. The van der Waals surface area contributed by atoms with Gasteiger partial charge >= 0.3 is 0 Å². The first-order valence-corrected chi connectivity index (χ1v) is 7.77. The van der Waals surface area contributed by atoms with Crippen molar-refractivity contribution in [3.63, 3.8) is 0 Å². The smallest absolute Gasteiger partial charge is 0.236 e. The van der Waals surface area contributed by atoms with E-state index in [9.17, 15) is 0 Å². The van der Waals surface area contributed by atoms with Gasteiger partial charge in [-0.3, -0.25) is 0 Å². The van der Waals surface area contributed by atoms with Crippen LogP contribution in [0.4, 0.5) is 5.88 Å². The Morgan fingerprint density at radius 1 is 1.05 bits per heavy atom. The van der Waals surface area contributed by atoms with Gasteiger partial charge in [0.15, 0.2) is 5.75 Å². The third-order valence-corrected chi connectivity index (χ3v) is 3.87. The van der Waals surface area contributed by atoms with Gasteiger partial charge in [-0.15, -0.1) is 0 Å². The number of hydrogen-bond acceptors (Lipinski definition) is 3. The van der Waals surface area contributed by atoms with E-state index in [-0.39, 0.29) is 0 Å². The molecule has 0 saturated carbocycles. The zero-order chi connectivity index (χ0) is 15.4. The van der Waals surface area contributed by atoms with Crippen molar-refractivity contribution >= 4 is 21.8 Å². The molecular formula is C18H16BrNO2. The molecule has 3 rings (SSSR count). The third kappa shape index (κ3) is 3.34. The van der Waals surface area contributed by atoms with Crippen LogP contribution in [0.15, 0.2) is 69.6 Å². The minimum Gasteiger partial charge on any atom is -0.491 e. The highest BCUT2D eigenvalue weighted by Gasteiger charge is 2.13. The van der Waals surface area contributed by atoms with Crippen LogP contribution in [-0.4, -0.2) is 7.11 Å². The normalized spacial score (nSPS) is 10.5. The monoisotopic (exact) mass is 357 g/mol. The van der Waals surface area contributed by atoms with Crippen LogP contribution >= 0.6 is 15.9 Å². The molecule has 1 N–H and O–H groups in total. The number of rotatable bonds is 5. The molecule has 0 radical (unpaired) electrons. The van der Waals surface area contributed by atoms with Gasteiger partial charge in [-0.25, -0.2) is 0 Å². The molecule has 0 aliphatic carbocycles. The van der Waals surface area contributed by atoms with Gasteiger partial charge in [-0.2, -0.15) is 0 Å². The predicted octanol–water partition coefficient (Wildman–Crippen LogP) is 5.33. The summed E-state index contributed by atoms with van der Waals surface area (Å²) in [4.78, 5) is 0. The number of methoxy groups -OCH3 is 1. The Hall–Kier alpha value is -2.20. The summed E-state index contributed by atoms with van der Waals surface area (Å²) in [7, 11) is 1.64. The maximum atomic E-state index is 5.90. The van der Waals surface area contributed by atoms with Gasteiger partial charge in [-0.05, 0) is 17.7 Å². The summed E-state index contributed by atoms with van der Waals surface area (Å²) in [6, 6.07) is 20.1. The van der Waals surface area contributed by atoms with Gasteiger partial charge in [0.1, 0.15) is 5.76 Å². The van der Waals surface area contributed by atoms with Gasteiger partial charge in [0, 0.05) is 22.6 Å². The van der Waals surface area contributed by atoms with E-state index in [2.05, 4.69) is 33.4 Å². The van der Waals surface area contributed by atoms with E-state index in [0.717, 1.165) is 15.8 Å².